The van der Waals surface area contributed by atoms with Crippen molar-refractivity contribution in [1.82, 2.24) is 25.3 Å². The summed E-state index contributed by atoms with van der Waals surface area (Å²) in [6, 6.07) is 7.32. The quantitative estimate of drug-likeness (QED) is 0.536. The van der Waals surface area contributed by atoms with Gasteiger partial charge in [-0.1, -0.05) is 11.3 Å². The third kappa shape index (κ3) is 3.75. The number of carbonyl (C=O) groups is 1. The smallest absolute Gasteiger partial charge is 0.273 e. The second-order valence-corrected chi connectivity index (χ2v) is 7.38. The molecule has 3 heterocycles. The second kappa shape index (κ2) is 7.32. The van der Waals surface area contributed by atoms with Crippen LogP contribution in [0.2, 0.25) is 0 Å². The predicted octanol–water partition coefficient (Wildman–Crippen LogP) is 3.29. The van der Waals surface area contributed by atoms with Gasteiger partial charge in [0.1, 0.15) is 5.82 Å². The Kier molecular flexibility index (Phi) is 4.72. The van der Waals surface area contributed by atoms with E-state index < -0.39 is 0 Å². The Balaban J connectivity index is 1.36. The maximum absolute atomic E-state index is 13.6. The molecule has 0 spiro atoms. The van der Waals surface area contributed by atoms with Crippen molar-refractivity contribution in [3.8, 4) is 0 Å². The lowest BCUT2D eigenvalue weighted by Crippen LogP contribution is -2.26. The maximum atomic E-state index is 13.6. The minimum absolute atomic E-state index is 0.227. The number of aryl methyl sites for hydroxylation is 1. The fourth-order valence-corrected chi connectivity index (χ4v) is 3.66. The van der Waals surface area contributed by atoms with Crippen molar-refractivity contribution in [1.29, 1.82) is 0 Å². The van der Waals surface area contributed by atoms with E-state index in [0.29, 0.717) is 30.8 Å². The van der Waals surface area contributed by atoms with E-state index in [4.69, 9.17) is 0 Å². The minimum atomic E-state index is -0.255. The van der Waals surface area contributed by atoms with Crippen molar-refractivity contribution in [2.45, 2.75) is 19.9 Å². The molecule has 3 aromatic heterocycles. The first-order valence-corrected chi connectivity index (χ1v) is 9.45. The molecular weight excluding hydrogens is 365 g/mol. The number of amides is 1. The van der Waals surface area contributed by atoms with E-state index in [1.54, 1.807) is 29.1 Å². The summed E-state index contributed by atoms with van der Waals surface area (Å²) in [5.41, 5.74) is 2.70. The molecule has 1 amide bonds. The molecule has 6 nitrogen and oxygen atoms in total. The van der Waals surface area contributed by atoms with Crippen LogP contribution >= 0.6 is 11.3 Å². The van der Waals surface area contributed by atoms with Gasteiger partial charge < -0.3 is 10.3 Å². The molecule has 0 aliphatic carbocycles. The topological polar surface area (TPSA) is 75.6 Å². The van der Waals surface area contributed by atoms with E-state index in [1.807, 2.05) is 29.8 Å². The van der Waals surface area contributed by atoms with Crippen LogP contribution in [-0.4, -0.2) is 32.4 Å². The molecule has 0 unspecified atom stereocenters. The van der Waals surface area contributed by atoms with Crippen LogP contribution in [0.4, 0.5) is 4.39 Å². The van der Waals surface area contributed by atoms with Crippen molar-refractivity contribution in [2.75, 3.05) is 6.54 Å². The second-order valence-electron chi connectivity index (χ2n) is 6.35. The van der Waals surface area contributed by atoms with Gasteiger partial charge in [-0.25, -0.2) is 9.07 Å². The van der Waals surface area contributed by atoms with Crippen LogP contribution in [0.15, 0.2) is 42.0 Å². The van der Waals surface area contributed by atoms with Crippen LogP contribution < -0.4 is 5.32 Å². The number of halogens is 1. The van der Waals surface area contributed by atoms with Gasteiger partial charge in [-0.2, -0.15) is 0 Å². The number of aromatic amines is 1. The van der Waals surface area contributed by atoms with Gasteiger partial charge in [-0.05, 0) is 48.1 Å². The van der Waals surface area contributed by atoms with E-state index in [0.717, 1.165) is 21.3 Å². The van der Waals surface area contributed by atoms with Gasteiger partial charge in [0.25, 0.3) is 5.91 Å². The van der Waals surface area contributed by atoms with Gasteiger partial charge in [-0.15, -0.1) is 16.4 Å². The van der Waals surface area contributed by atoms with Gasteiger partial charge in [0, 0.05) is 28.5 Å². The molecule has 4 aromatic rings. The van der Waals surface area contributed by atoms with Gasteiger partial charge in [0.2, 0.25) is 0 Å². The molecule has 8 heteroatoms. The number of benzene rings is 1. The third-order valence-electron chi connectivity index (χ3n) is 4.40. The number of H-pyrrole nitrogens is 1. The first kappa shape index (κ1) is 17.4. The van der Waals surface area contributed by atoms with Crippen LogP contribution in [0.3, 0.4) is 0 Å². The Hall–Kier alpha value is -3.00. The Labute approximate surface area is 159 Å². The highest BCUT2D eigenvalue weighted by Gasteiger charge is 2.12. The fraction of sp³-hybridized carbons (Fsp3) is 0.211. The summed E-state index contributed by atoms with van der Waals surface area (Å²) in [4.78, 5) is 16.5. The zero-order valence-corrected chi connectivity index (χ0v) is 15.5. The van der Waals surface area contributed by atoms with Crippen LogP contribution in [0.5, 0.6) is 0 Å². The Morgan fingerprint density at radius 3 is 3.11 bits per heavy atom. The van der Waals surface area contributed by atoms with E-state index in [1.165, 1.54) is 6.07 Å². The summed E-state index contributed by atoms with van der Waals surface area (Å²) in [7, 11) is 0. The monoisotopic (exact) mass is 383 g/mol. The molecule has 0 fully saturated rings. The minimum Gasteiger partial charge on any atom is -0.361 e. The average Bonchev–Trinajstić information content (AvgIpc) is 3.39. The number of thiophene rings is 1. The Morgan fingerprint density at radius 2 is 2.30 bits per heavy atom. The summed E-state index contributed by atoms with van der Waals surface area (Å²) in [5.74, 6) is -0.482. The van der Waals surface area contributed by atoms with Crippen LogP contribution in [-0.2, 0) is 13.0 Å². The molecule has 0 saturated carbocycles. The highest BCUT2D eigenvalue weighted by Crippen LogP contribution is 2.22. The number of rotatable bonds is 6. The highest BCUT2D eigenvalue weighted by molar-refractivity contribution is 7.09. The van der Waals surface area contributed by atoms with E-state index >= 15 is 0 Å². The van der Waals surface area contributed by atoms with Crippen LogP contribution in [0, 0.1) is 12.7 Å². The molecular formula is C19H18FN5OS. The van der Waals surface area contributed by atoms with E-state index in [-0.39, 0.29) is 11.7 Å². The molecule has 0 aliphatic rings. The SMILES string of the molecule is Cc1cc2c(CCNC(=O)c3cn(Cc4cccs4)nn3)c[nH]c2cc1F. The van der Waals surface area contributed by atoms with Gasteiger partial charge in [0.05, 0.1) is 12.7 Å². The lowest BCUT2D eigenvalue weighted by atomic mass is 10.1. The highest BCUT2D eigenvalue weighted by atomic mass is 32.1. The lowest BCUT2D eigenvalue weighted by molar-refractivity contribution is 0.0949. The molecule has 27 heavy (non-hydrogen) atoms. The fourth-order valence-electron chi connectivity index (χ4n) is 2.96. The van der Waals surface area contributed by atoms with Gasteiger partial charge in [0.15, 0.2) is 5.69 Å². The average molecular weight is 383 g/mol. The van der Waals surface area contributed by atoms with Gasteiger partial charge >= 0.3 is 0 Å². The van der Waals surface area contributed by atoms with Crippen molar-refractivity contribution in [2.24, 2.45) is 0 Å². The number of nitrogens with zero attached hydrogens (tertiary/aromatic N) is 3. The van der Waals surface area contributed by atoms with E-state index in [9.17, 15) is 9.18 Å². The summed E-state index contributed by atoms with van der Waals surface area (Å²) >= 11 is 1.63. The van der Waals surface area contributed by atoms with Crippen molar-refractivity contribution >= 4 is 28.1 Å². The predicted molar refractivity (Wildman–Crippen MR) is 102 cm³/mol. The summed E-state index contributed by atoms with van der Waals surface area (Å²) < 4.78 is 15.3. The molecule has 0 atom stereocenters. The number of hydrogen-bond acceptors (Lipinski definition) is 4. The molecule has 0 aliphatic heterocycles. The number of carbonyl (C=O) groups excluding carboxylic acids is 1. The Bertz CT molecular complexity index is 1080. The van der Waals surface area contributed by atoms with Crippen molar-refractivity contribution in [3.05, 3.63) is 69.6 Å². The molecule has 0 bridgehead atoms. The summed E-state index contributed by atoms with van der Waals surface area (Å²) in [5, 5.41) is 13.8. The molecule has 0 radical (unpaired) electrons. The summed E-state index contributed by atoms with van der Waals surface area (Å²) in [6.07, 6.45) is 4.14. The van der Waals surface area contributed by atoms with Crippen molar-refractivity contribution < 1.29 is 9.18 Å². The summed E-state index contributed by atoms with van der Waals surface area (Å²) in [6.45, 7) is 2.80. The van der Waals surface area contributed by atoms with E-state index in [2.05, 4.69) is 20.6 Å². The molecule has 1 aromatic carbocycles. The first-order valence-electron chi connectivity index (χ1n) is 8.57. The van der Waals surface area contributed by atoms with Crippen LogP contribution in [0.1, 0.15) is 26.5 Å². The van der Waals surface area contributed by atoms with Crippen molar-refractivity contribution in [3.63, 3.8) is 0 Å². The third-order valence-corrected chi connectivity index (χ3v) is 5.26. The number of fused-ring (bicyclic) bond motifs is 1. The number of aromatic nitrogens is 4. The molecule has 0 saturated heterocycles. The lowest BCUT2D eigenvalue weighted by Gasteiger charge is -2.03. The largest absolute Gasteiger partial charge is 0.361 e. The van der Waals surface area contributed by atoms with Crippen LogP contribution in [0.25, 0.3) is 10.9 Å². The normalized spacial score (nSPS) is 11.2. The Morgan fingerprint density at radius 1 is 1.41 bits per heavy atom. The number of nitrogens with one attached hydrogen (secondary N) is 2. The number of hydrogen-bond donors (Lipinski definition) is 2. The zero-order chi connectivity index (χ0) is 18.8. The van der Waals surface area contributed by atoms with Gasteiger partial charge in [-0.3, -0.25) is 4.79 Å². The standard InChI is InChI=1S/C19H18FN5OS/c1-12-7-15-13(9-22-17(15)8-16(12)20)4-5-21-19(26)18-11-25(24-23-18)10-14-3-2-6-27-14/h2-3,6-9,11,22H,4-5,10H2,1H3,(H,21,26). The molecule has 2 N–H and O–H groups in total. The molecule has 4 rings (SSSR count). The first-order chi connectivity index (χ1) is 13.1. The molecule has 138 valence electrons. The zero-order valence-electron chi connectivity index (χ0n) is 14.7. The maximum Gasteiger partial charge on any atom is 0.273 e.